The van der Waals surface area contributed by atoms with Crippen LogP contribution in [0.25, 0.3) is 5.57 Å². The molecule has 17 heavy (non-hydrogen) atoms. The molecule has 2 nitrogen and oxygen atoms in total. The Hall–Kier alpha value is -1.78. The zero-order valence-electron chi connectivity index (χ0n) is 9.01. The minimum atomic E-state index is -4.44. The number of hydrogen-bond acceptors (Lipinski definition) is 1. The molecule has 1 atom stereocenters. The minimum Gasteiger partial charge on any atom is -0.337 e. The lowest BCUT2D eigenvalue weighted by molar-refractivity contribution is -0.148. The first-order valence-corrected chi connectivity index (χ1v) is 5.04. The zero-order chi connectivity index (χ0) is 12.6. The first-order valence-electron chi connectivity index (χ1n) is 5.04. The van der Waals surface area contributed by atoms with E-state index in [1.165, 1.54) is 0 Å². The standard InChI is InChI=1S/C12H10F3NO/c1-7-2-4-8(5-3-7)9-6-10(12(13,14)15)16-11(9)17/h2-6,10H,1H3,(H,16,17)/t10-/m1/s1. The van der Waals surface area contributed by atoms with Gasteiger partial charge in [-0.15, -0.1) is 0 Å². The van der Waals surface area contributed by atoms with Gasteiger partial charge in [-0.1, -0.05) is 29.8 Å². The molecule has 0 radical (unpaired) electrons. The lowest BCUT2D eigenvalue weighted by Crippen LogP contribution is -2.39. The molecule has 1 N–H and O–H groups in total. The lowest BCUT2D eigenvalue weighted by Gasteiger charge is -2.12. The monoisotopic (exact) mass is 241 g/mol. The summed E-state index contributed by atoms with van der Waals surface area (Å²) in [6, 6.07) is 4.90. The number of halogens is 3. The largest absolute Gasteiger partial charge is 0.412 e. The van der Waals surface area contributed by atoms with E-state index in [0.717, 1.165) is 11.6 Å². The van der Waals surface area contributed by atoms with Crippen molar-refractivity contribution in [2.45, 2.75) is 19.1 Å². The fraction of sp³-hybridized carbons (Fsp3) is 0.250. The van der Waals surface area contributed by atoms with Gasteiger partial charge in [0, 0.05) is 5.57 Å². The molecule has 1 heterocycles. The van der Waals surface area contributed by atoms with Crippen molar-refractivity contribution in [2.24, 2.45) is 0 Å². The molecule has 1 aliphatic rings. The Morgan fingerprint density at radius 3 is 2.24 bits per heavy atom. The van der Waals surface area contributed by atoms with Crippen LogP contribution in [-0.4, -0.2) is 18.1 Å². The highest BCUT2D eigenvalue weighted by Gasteiger charge is 2.43. The quantitative estimate of drug-likeness (QED) is 0.803. The second-order valence-electron chi connectivity index (χ2n) is 3.94. The van der Waals surface area contributed by atoms with Gasteiger partial charge < -0.3 is 5.32 Å². The predicted molar refractivity (Wildman–Crippen MR) is 57.1 cm³/mol. The average molecular weight is 241 g/mol. The minimum absolute atomic E-state index is 0.0762. The lowest BCUT2D eigenvalue weighted by atomic mass is 10.0. The summed E-state index contributed by atoms with van der Waals surface area (Å²) in [6.45, 7) is 1.87. The molecule has 0 aliphatic carbocycles. The molecule has 0 fully saturated rings. The Morgan fingerprint density at radius 1 is 1.18 bits per heavy atom. The zero-order valence-corrected chi connectivity index (χ0v) is 9.01. The molecule has 0 aromatic heterocycles. The first kappa shape index (κ1) is 11.7. The first-order chi connectivity index (χ1) is 7.88. The van der Waals surface area contributed by atoms with E-state index >= 15 is 0 Å². The summed E-state index contributed by atoms with van der Waals surface area (Å²) in [4.78, 5) is 11.4. The van der Waals surface area contributed by atoms with E-state index in [1.807, 2.05) is 12.2 Å². The van der Waals surface area contributed by atoms with Gasteiger partial charge in [-0.25, -0.2) is 0 Å². The molecule has 0 unspecified atom stereocenters. The second kappa shape index (κ2) is 3.91. The van der Waals surface area contributed by atoms with E-state index in [4.69, 9.17) is 0 Å². The number of carbonyl (C=O) groups is 1. The summed E-state index contributed by atoms with van der Waals surface area (Å²) < 4.78 is 37.3. The number of carbonyl (C=O) groups excluding carboxylic acids is 1. The molecule has 1 amide bonds. The molecule has 0 bridgehead atoms. The molecule has 0 saturated carbocycles. The van der Waals surface area contributed by atoms with Crippen molar-refractivity contribution in [1.82, 2.24) is 5.32 Å². The summed E-state index contributed by atoms with van der Waals surface area (Å²) >= 11 is 0. The smallest absolute Gasteiger partial charge is 0.337 e. The summed E-state index contributed by atoms with van der Waals surface area (Å²) in [7, 11) is 0. The highest BCUT2D eigenvalue weighted by molar-refractivity contribution is 6.21. The fourth-order valence-electron chi connectivity index (χ4n) is 1.64. The van der Waals surface area contributed by atoms with Gasteiger partial charge in [0.25, 0.3) is 5.91 Å². The van der Waals surface area contributed by atoms with Crippen LogP contribution < -0.4 is 5.32 Å². The van der Waals surface area contributed by atoms with E-state index in [9.17, 15) is 18.0 Å². The summed E-state index contributed by atoms with van der Waals surface area (Å²) in [6.07, 6.45) is -3.52. The third-order valence-electron chi connectivity index (χ3n) is 2.58. The molecule has 5 heteroatoms. The highest BCUT2D eigenvalue weighted by Crippen LogP contribution is 2.29. The van der Waals surface area contributed by atoms with E-state index < -0.39 is 18.1 Å². The molecule has 90 valence electrons. The number of nitrogens with one attached hydrogen (secondary N) is 1. The molecule has 1 aromatic rings. The topological polar surface area (TPSA) is 29.1 Å². The maximum Gasteiger partial charge on any atom is 0.412 e. The van der Waals surface area contributed by atoms with Crippen LogP contribution in [0.2, 0.25) is 0 Å². The van der Waals surface area contributed by atoms with E-state index in [-0.39, 0.29) is 5.57 Å². The number of alkyl halides is 3. The molecule has 1 aromatic carbocycles. The van der Waals surface area contributed by atoms with E-state index in [2.05, 4.69) is 0 Å². The number of amides is 1. The van der Waals surface area contributed by atoms with Crippen LogP contribution in [-0.2, 0) is 4.79 Å². The molecular formula is C12H10F3NO. The van der Waals surface area contributed by atoms with Gasteiger partial charge in [-0.2, -0.15) is 13.2 Å². The summed E-state index contributed by atoms with van der Waals surface area (Å²) in [5, 5.41) is 1.90. The van der Waals surface area contributed by atoms with Gasteiger partial charge in [0.2, 0.25) is 0 Å². The third-order valence-corrected chi connectivity index (χ3v) is 2.58. The third kappa shape index (κ3) is 2.33. The van der Waals surface area contributed by atoms with Crippen molar-refractivity contribution in [1.29, 1.82) is 0 Å². The van der Waals surface area contributed by atoms with Crippen LogP contribution in [0.1, 0.15) is 11.1 Å². The van der Waals surface area contributed by atoms with E-state index in [0.29, 0.717) is 5.56 Å². The number of rotatable bonds is 1. The van der Waals surface area contributed by atoms with Crippen molar-refractivity contribution >= 4 is 11.5 Å². The molecule has 0 saturated heterocycles. The van der Waals surface area contributed by atoms with Gasteiger partial charge in [0.05, 0.1) is 0 Å². The molecule has 1 aliphatic heterocycles. The molecule has 2 rings (SSSR count). The SMILES string of the molecule is Cc1ccc(C2=C[C@H](C(F)(F)F)NC2=O)cc1. The Balaban J connectivity index is 2.33. The van der Waals surface area contributed by atoms with Gasteiger partial charge in [-0.05, 0) is 18.6 Å². The van der Waals surface area contributed by atoms with Crippen molar-refractivity contribution in [2.75, 3.05) is 0 Å². The van der Waals surface area contributed by atoms with Crippen LogP contribution in [0, 0.1) is 6.92 Å². The predicted octanol–water partition coefficient (Wildman–Crippen LogP) is 2.44. The normalized spacial score (nSPS) is 20.1. The van der Waals surface area contributed by atoms with Crippen molar-refractivity contribution in [3.63, 3.8) is 0 Å². The Kier molecular flexibility index (Phi) is 2.69. The van der Waals surface area contributed by atoms with Gasteiger partial charge in [0.1, 0.15) is 6.04 Å². The van der Waals surface area contributed by atoms with Gasteiger partial charge >= 0.3 is 6.18 Å². The van der Waals surface area contributed by atoms with Crippen LogP contribution in [0.5, 0.6) is 0 Å². The number of aryl methyl sites for hydroxylation is 1. The van der Waals surface area contributed by atoms with Crippen LogP contribution in [0.15, 0.2) is 30.3 Å². The molecule has 0 spiro atoms. The molecular weight excluding hydrogens is 231 g/mol. The average Bonchev–Trinajstić information content (AvgIpc) is 2.61. The Bertz CT molecular complexity index is 474. The second-order valence-corrected chi connectivity index (χ2v) is 3.94. The summed E-state index contributed by atoms with van der Waals surface area (Å²) in [5.74, 6) is -0.684. The van der Waals surface area contributed by atoms with Crippen molar-refractivity contribution in [3.8, 4) is 0 Å². The number of benzene rings is 1. The van der Waals surface area contributed by atoms with Crippen molar-refractivity contribution < 1.29 is 18.0 Å². The fourth-order valence-corrected chi connectivity index (χ4v) is 1.64. The van der Waals surface area contributed by atoms with Crippen LogP contribution >= 0.6 is 0 Å². The van der Waals surface area contributed by atoms with Crippen LogP contribution in [0.4, 0.5) is 13.2 Å². The maximum atomic E-state index is 12.4. The number of hydrogen-bond donors (Lipinski definition) is 1. The summed E-state index contributed by atoms with van der Waals surface area (Å²) in [5.41, 5.74) is 1.56. The van der Waals surface area contributed by atoms with Gasteiger partial charge in [0.15, 0.2) is 0 Å². The maximum absolute atomic E-state index is 12.4. The van der Waals surface area contributed by atoms with Crippen LogP contribution in [0.3, 0.4) is 0 Å². The highest BCUT2D eigenvalue weighted by atomic mass is 19.4. The van der Waals surface area contributed by atoms with Crippen molar-refractivity contribution in [3.05, 3.63) is 41.5 Å². The Labute approximate surface area is 96.1 Å². The Morgan fingerprint density at radius 2 is 1.76 bits per heavy atom. The van der Waals surface area contributed by atoms with Gasteiger partial charge in [-0.3, -0.25) is 4.79 Å². The van der Waals surface area contributed by atoms with E-state index in [1.54, 1.807) is 24.3 Å².